The van der Waals surface area contributed by atoms with Crippen LogP contribution < -0.4 is 15.4 Å². The zero-order valence-corrected chi connectivity index (χ0v) is 24.4. The van der Waals surface area contributed by atoms with Crippen molar-refractivity contribution in [2.45, 2.75) is 69.7 Å². The molecule has 2 saturated heterocycles. The highest BCUT2D eigenvalue weighted by Gasteiger charge is 2.41. The van der Waals surface area contributed by atoms with Crippen LogP contribution in [0, 0.1) is 17.2 Å². The number of amides is 3. The summed E-state index contributed by atoms with van der Waals surface area (Å²) in [5, 5.41) is 16.3. The van der Waals surface area contributed by atoms with E-state index in [1.54, 1.807) is 4.90 Å². The van der Waals surface area contributed by atoms with Gasteiger partial charge in [0.15, 0.2) is 0 Å². The van der Waals surface area contributed by atoms with E-state index in [9.17, 15) is 14.9 Å². The summed E-state index contributed by atoms with van der Waals surface area (Å²) in [4.78, 5) is 30.7. The van der Waals surface area contributed by atoms with Crippen molar-refractivity contribution >= 4 is 11.9 Å². The summed E-state index contributed by atoms with van der Waals surface area (Å²) in [5.41, 5.74) is 1.21. The summed E-state index contributed by atoms with van der Waals surface area (Å²) >= 11 is 0. The third-order valence-electron chi connectivity index (χ3n) is 8.68. The van der Waals surface area contributed by atoms with Gasteiger partial charge in [0.05, 0.1) is 19.3 Å². The van der Waals surface area contributed by atoms with Crippen LogP contribution in [-0.2, 0) is 22.7 Å². The van der Waals surface area contributed by atoms with E-state index in [0.29, 0.717) is 71.3 Å². The number of morpholine rings is 1. The molecule has 2 aliphatic heterocycles. The van der Waals surface area contributed by atoms with E-state index in [-0.39, 0.29) is 11.9 Å². The van der Waals surface area contributed by atoms with E-state index < -0.39 is 11.6 Å². The highest BCUT2D eigenvalue weighted by molar-refractivity contribution is 5.88. The molecule has 5 rings (SSSR count). The molecule has 0 bridgehead atoms. The van der Waals surface area contributed by atoms with Crippen molar-refractivity contribution in [2.75, 3.05) is 39.4 Å². The first-order chi connectivity index (χ1) is 20.5. The first-order valence-electron chi connectivity index (χ1n) is 15.4. The number of ether oxygens (including phenoxy) is 2. The first-order valence-corrected chi connectivity index (χ1v) is 15.4. The Morgan fingerprint density at radius 1 is 1.02 bits per heavy atom. The van der Waals surface area contributed by atoms with Gasteiger partial charge in [0, 0.05) is 32.7 Å². The first kappa shape index (κ1) is 29.9. The molecule has 0 aromatic heterocycles. The monoisotopic (exact) mass is 573 g/mol. The molecule has 3 amide bonds. The topological polar surface area (TPSA) is 107 Å². The van der Waals surface area contributed by atoms with E-state index in [1.165, 1.54) is 6.42 Å². The lowest BCUT2D eigenvalue weighted by Gasteiger charge is -2.32. The quantitative estimate of drug-likeness (QED) is 0.441. The number of nitrogens with zero attached hydrogens (tertiary/aromatic N) is 3. The molecule has 224 valence electrons. The lowest BCUT2D eigenvalue weighted by Crippen LogP contribution is -2.58. The molecule has 2 aromatic rings. The van der Waals surface area contributed by atoms with Gasteiger partial charge < -0.3 is 25.0 Å². The van der Waals surface area contributed by atoms with E-state index in [4.69, 9.17) is 9.47 Å². The van der Waals surface area contributed by atoms with Gasteiger partial charge in [-0.15, -0.1) is 0 Å². The molecule has 2 aromatic carbocycles. The minimum absolute atomic E-state index is 0.234. The van der Waals surface area contributed by atoms with Crippen molar-refractivity contribution < 1.29 is 19.1 Å². The molecular formula is C33H43N5O4. The third-order valence-corrected chi connectivity index (χ3v) is 8.68. The number of likely N-dealkylation sites (tertiary alicyclic amines) is 1. The summed E-state index contributed by atoms with van der Waals surface area (Å²) in [6, 6.07) is 19.6. The summed E-state index contributed by atoms with van der Waals surface area (Å²) in [7, 11) is 0. The van der Waals surface area contributed by atoms with Crippen LogP contribution in [0.4, 0.5) is 4.79 Å². The molecule has 3 fully saturated rings. The van der Waals surface area contributed by atoms with Crippen LogP contribution in [-0.4, -0.2) is 72.7 Å². The maximum Gasteiger partial charge on any atom is 0.318 e. The smallest absolute Gasteiger partial charge is 0.318 e. The molecule has 0 radical (unpaired) electrons. The molecule has 2 heterocycles. The Morgan fingerprint density at radius 3 is 2.55 bits per heavy atom. The Morgan fingerprint density at radius 2 is 1.79 bits per heavy atom. The molecular weight excluding hydrogens is 530 g/mol. The summed E-state index contributed by atoms with van der Waals surface area (Å²) in [5.74, 6) is 0.938. The van der Waals surface area contributed by atoms with Crippen molar-refractivity contribution in [3.8, 4) is 11.8 Å². The number of hydrogen-bond donors (Lipinski definition) is 2. The van der Waals surface area contributed by atoms with E-state index in [1.807, 2.05) is 48.5 Å². The maximum absolute atomic E-state index is 13.7. The fourth-order valence-corrected chi connectivity index (χ4v) is 6.30. The van der Waals surface area contributed by atoms with Crippen molar-refractivity contribution in [3.05, 3.63) is 65.7 Å². The fraction of sp³-hybridized carbons (Fsp3) is 0.545. The van der Waals surface area contributed by atoms with Gasteiger partial charge in [-0.2, -0.15) is 5.26 Å². The number of nitriles is 1. The van der Waals surface area contributed by atoms with Crippen LogP contribution in [0.3, 0.4) is 0 Å². The van der Waals surface area contributed by atoms with Crippen LogP contribution >= 0.6 is 0 Å². The lowest BCUT2D eigenvalue weighted by atomic mass is 9.84. The standard InChI is InChI=1S/C33H43N5O4/c34-24-33(14-15-37(25-33)22-28-12-7-13-29(20-28)42-23-27-10-5-2-6-11-27)36-31(39)30(21-26-8-3-1-4-9-26)35-32(40)38-16-18-41-19-17-38/h2,5-7,10-13,20,26,30H,1,3-4,8-9,14-19,21-23,25H2,(H,35,40)(H,36,39). The predicted molar refractivity (Wildman–Crippen MR) is 160 cm³/mol. The minimum atomic E-state index is -0.993. The van der Waals surface area contributed by atoms with Crippen molar-refractivity contribution in [1.82, 2.24) is 20.4 Å². The number of rotatable bonds is 10. The largest absolute Gasteiger partial charge is 0.489 e. The average Bonchev–Trinajstić information content (AvgIpc) is 3.43. The molecule has 3 aliphatic rings. The molecule has 42 heavy (non-hydrogen) atoms. The molecule has 9 heteroatoms. The van der Waals surface area contributed by atoms with Gasteiger partial charge in [0.2, 0.25) is 5.91 Å². The zero-order chi connectivity index (χ0) is 29.2. The SMILES string of the molecule is N#CC1(NC(=O)C(CC2CCCCC2)NC(=O)N2CCOCC2)CCN(Cc2cccc(OCc3ccccc3)c2)C1. The Bertz CT molecular complexity index is 1220. The van der Waals surface area contributed by atoms with Gasteiger partial charge in [0.1, 0.15) is 23.9 Å². The second kappa shape index (κ2) is 14.5. The zero-order valence-electron chi connectivity index (χ0n) is 24.4. The Labute approximate surface area is 249 Å². The van der Waals surface area contributed by atoms with Gasteiger partial charge in [0.25, 0.3) is 0 Å². The Hall–Kier alpha value is -3.61. The van der Waals surface area contributed by atoms with E-state index >= 15 is 0 Å². The number of hydrogen-bond acceptors (Lipinski definition) is 6. The fourth-order valence-electron chi connectivity index (χ4n) is 6.30. The van der Waals surface area contributed by atoms with Gasteiger partial charge in [-0.25, -0.2) is 4.79 Å². The van der Waals surface area contributed by atoms with Crippen molar-refractivity contribution in [3.63, 3.8) is 0 Å². The highest BCUT2D eigenvalue weighted by atomic mass is 16.5. The minimum Gasteiger partial charge on any atom is -0.489 e. The molecule has 0 spiro atoms. The third kappa shape index (κ3) is 8.24. The maximum atomic E-state index is 13.7. The van der Waals surface area contributed by atoms with Crippen LogP contribution in [0.15, 0.2) is 54.6 Å². The molecule has 9 nitrogen and oxygen atoms in total. The molecule has 1 aliphatic carbocycles. The van der Waals surface area contributed by atoms with Crippen LogP contribution in [0.2, 0.25) is 0 Å². The highest BCUT2D eigenvalue weighted by Crippen LogP contribution is 2.29. The van der Waals surface area contributed by atoms with Crippen molar-refractivity contribution in [2.24, 2.45) is 5.92 Å². The Balaban J connectivity index is 1.19. The van der Waals surface area contributed by atoms with E-state index in [2.05, 4.69) is 27.7 Å². The van der Waals surface area contributed by atoms with Crippen LogP contribution in [0.5, 0.6) is 5.75 Å². The van der Waals surface area contributed by atoms with Gasteiger partial charge >= 0.3 is 6.03 Å². The number of carbonyl (C=O) groups is 2. The average molecular weight is 574 g/mol. The number of carbonyl (C=O) groups excluding carboxylic acids is 2. The van der Waals surface area contributed by atoms with Gasteiger partial charge in [-0.3, -0.25) is 9.69 Å². The second-order valence-corrected chi connectivity index (χ2v) is 11.9. The summed E-state index contributed by atoms with van der Waals surface area (Å²) in [6.07, 6.45) is 6.82. The van der Waals surface area contributed by atoms with Crippen molar-refractivity contribution in [1.29, 1.82) is 5.26 Å². The lowest BCUT2D eigenvalue weighted by molar-refractivity contribution is -0.124. The molecule has 2 unspecified atom stereocenters. The number of benzene rings is 2. The summed E-state index contributed by atoms with van der Waals surface area (Å²) < 4.78 is 11.4. The normalized spacial score (nSPS) is 22.2. The van der Waals surface area contributed by atoms with E-state index in [0.717, 1.165) is 42.6 Å². The van der Waals surface area contributed by atoms with Gasteiger partial charge in [-0.05, 0) is 42.0 Å². The summed E-state index contributed by atoms with van der Waals surface area (Å²) in [6.45, 7) is 4.31. The second-order valence-electron chi connectivity index (χ2n) is 11.9. The Kier molecular flexibility index (Phi) is 10.3. The number of urea groups is 1. The van der Waals surface area contributed by atoms with Gasteiger partial charge in [-0.1, -0.05) is 74.6 Å². The molecule has 2 atom stereocenters. The molecule has 2 N–H and O–H groups in total. The predicted octanol–water partition coefficient (Wildman–Crippen LogP) is 4.23. The number of nitrogens with one attached hydrogen (secondary N) is 2. The molecule has 1 saturated carbocycles. The van der Waals surface area contributed by atoms with Crippen LogP contribution in [0.25, 0.3) is 0 Å². The van der Waals surface area contributed by atoms with Crippen LogP contribution in [0.1, 0.15) is 56.1 Å².